The van der Waals surface area contributed by atoms with Crippen molar-refractivity contribution in [2.75, 3.05) is 0 Å². The summed E-state index contributed by atoms with van der Waals surface area (Å²) in [6.45, 7) is 0. The SMILES string of the molecule is O=C(O)c1cccc(CS)c1.O=C(O)c1ccccc1CS. The summed E-state index contributed by atoms with van der Waals surface area (Å²) in [6, 6.07) is 13.6. The van der Waals surface area contributed by atoms with Crippen LogP contribution >= 0.6 is 25.3 Å². The Hall–Kier alpha value is -1.92. The maximum atomic E-state index is 10.5. The summed E-state index contributed by atoms with van der Waals surface area (Å²) in [7, 11) is 0. The molecule has 0 saturated heterocycles. The van der Waals surface area contributed by atoms with Gasteiger partial charge in [-0.2, -0.15) is 25.3 Å². The Morgan fingerprint density at radius 2 is 1.55 bits per heavy atom. The van der Waals surface area contributed by atoms with Crippen LogP contribution in [-0.4, -0.2) is 22.2 Å². The molecule has 2 aromatic rings. The van der Waals surface area contributed by atoms with Crippen molar-refractivity contribution in [3.8, 4) is 0 Å². The minimum Gasteiger partial charge on any atom is -0.478 e. The van der Waals surface area contributed by atoms with Crippen LogP contribution in [0.25, 0.3) is 0 Å². The first kappa shape index (κ1) is 18.1. The van der Waals surface area contributed by atoms with Gasteiger partial charge in [0, 0.05) is 11.5 Å². The molecule has 0 saturated carbocycles. The lowest BCUT2D eigenvalue weighted by Gasteiger charge is -1.99. The van der Waals surface area contributed by atoms with Crippen LogP contribution in [0.2, 0.25) is 0 Å². The number of carbonyl (C=O) groups is 2. The molecule has 0 aliphatic heterocycles. The van der Waals surface area contributed by atoms with Crippen molar-refractivity contribution in [1.82, 2.24) is 0 Å². The summed E-state index contributed by atoms with van der Waals surface area (Å²) in [4.78, 5) is 21.0. The highest BCUT2D eigenvalue weighted by Gasteiger charge is 2.06. The number of hydrogen-bond acceptors (Lipinski definition) is 4. The van der Waals surface area contributed by atoms with E-state index in [1.54, 1.807) is 42.5 Å². The number of carboxylic acid groups (broad SMARTS) is 2. The van der Waals surface area contributed by atoms with Crippen LogP contribution in [-0.2, 0) is 11.5 Å². The van der Waals surface area contributed by atoms with Crippen molar-refractivity contribution < 1.29 is 19.8 Å². The molecule has 0 aliphatic carbocycles. The first-order valence-electron chi connectivity index (χ1n) is 6.34. The second kappa shape index (κ2) is 9.17. The highest BCUT2D eigenvalue weighted by Crippen LogP contribution is 2.10. The van der Waals surface area contributed by atoms with Crippen LogP contribution in [0.3, 0.4) is 0 Å². The molecule has 4 nitrogen and oxygen atoms in total. The highest BCUT2D eigenvalue weighted by molar-refractivity contribution is 7.79. The maximum absolute atomic E-state index is 10.5. The molecule has 0 unspecified atom stereocenters. The van der Waals surface area contributed by atoms with Gasteiger partial charge >= 0.3 is 11.9 Å². The molecule has 0 bridgehead atoms. The van der Waals surface area contributed by atoms with Gasteiger partial charge in [0.15, 0.2) is 0 Å². The van der Waals surface area contributed by atoms with Gasteiger partial charge in [-0.3, -0.25) is 0 Å². The Labute approximate surface area is 139 Å². The number of benzene rings is 2. The average Bonchev–Trinajstić information content (AvgIpc) is 2.55. The van der Waals surface area contributed by atoms with E-state index in [0.717, 1.165) is 11.1 Å². The Morgan fingerprint density at radius 1 is 0.864 bits per heavy atom. The lowest BCUT2D eigenvalue weighted by Crippen LogP contribution is -1.99. The van der Waals surface area contributed by atoms with E-state index in [0.29, 0.717) is 22.6 Å². The van der Waals surface area contributed by atoms with Gasteiger partial charge in [0.25, 0.3) is 0 Å². The molecular weight excluding hydrogens is 320 g/mol. The molecule has 116 valence electrons. The molecule has 0 aromatic heterocycles. The molecule has 0 heterocycles. The predicted octanol–water partition coefficient (Wildman–Crippen LogP) is 3.63. The summed E-state index contributed by atoms with van der Waals surface area (Å²) in [6.07, 6.45) is 0. The van der Waals surface area contributed by atoms with Crippen LogP contribution in [0, 0.1) is 0 Å². The van der Waals surface area contributed by atoms with Gasteiger partial charge in [-0.25, -0.2) is 9.59 Å². The summed E-state index contributed by atoms with van der Waals surface area (Å²) < 4.78 is 0. The molecule has 0 aliphatic rings. The maximum Gasteiger partial charge on any atom is 0.335 e. The molecule has 2 rings (SSSR count). The standard InChI is InChI=1S/2C8H8O2S/c9-8(10)7-3-1-2-6(4-7)5-11;9-8(10)7-4-2-1-3-6(7)5-11/h2*1-4,11H,5H2,(H,9,10). The molecule has 22 heavy (non-hydrogen) atoms. The zero-order chi connectivity index (χ0) is 16.5. The third-order valence-corrected chi connectivity index (χ3v) is 3.48. The van der Waals surface area contributed by atoms with Gasteiger partial charge in [-0.15, -0.1) is 0 Å². The monoisotopic (exact) mass is 336 g/mol. The van der Waals surface area contributed by atoms with E-state index in [-0.39, 0.29) is 0 Å². The highest BCUT2D eigenvalue weighted by atomic mass is 32.1. The fourth-order valence-corrected chi connectivity index (χ4v) is 2.14. The van der Waals surface area contributed by atoms with Gasteiger partial charge in [-0.1, -0.05) is 30.3 Å². The smallest absolute Gasteiger partial charge is 0.335 e. The van der Waals surface area contributed by atoms with E-state index in [9.17, 15) is 9.59 Å². The van der Waals surface area contributed by atoms with Crippen LogP contribution in [0.15, 0.2) is 48.5 Å². The molecule has 2 N–H and O–H groups in total. The van der Waals surface area contributed by atoms with Crippen molar-refractivity contribution in [3.05, 3.63) is 70.8 Å². The number of hydrogen-bond donors (Lipinski definition) is 4. The minimum absolute atomic E-state index is 0.316. The fourth-order valence-electron chi connectivity index (χ4n) is 1.67. The molecule has 0 amide bonds. The first-order chi connectivity index (χ1) is 10.5. The van der Waals surface area contributed by atoms with Gasteiger partial charge in [0.2, 0.25) is 0 Å². The molecule has 2 aromatic carbocycles. The Bertz CT molecular complexity index is 656. The summed E-state index contributed by atoms with van der Waals surface area (Å²) >= 11 is 8.04. The summed E-state index contributed by atoms with van der Waals surface area (Å²) in [5.74, 6) is -0.757. The van der Waals surface area contributed by atoms with E-state index < -0.39 is 11.9 Å². The zero-order valence-electron chi connectivity index (χ0n) is 11.6. The lowest BCUT2D eigenvalue weighted by atomic mass is 10.1. The number of carboxylic acids is 2. The van der Waals surface area contributed by atoms with Crippen LogP contribution in [0.1, 0.15) is 31.8 Å². The summed E-state index contributed by atoms with van der Waals surface area (Å²) in [5, 5.41) is 17.2. The third kappa shape index (κ3) is 5.46. The Kier molecular flexibility index (Phi) is 7.56. The van der Waals surface area contributed by atoms with Crippen LogP contribution in [0.4, 0.5) is 0 Å². The molecule has 0 spiro atoms. The molecule has 0 radical (unpaired) electrons. The Balaban J connectivity index is 0.000000220. The van der Waals surface area contributed by atoms with E-state index >= 15 is 0 Å². The average molecular weight is 336 g/mol. The predicted molar refractivity (Wildman–Crippen MR) is 92.2 cm³/mol. The van der Waals surface area contributed by atoms with E-state index in [1.807, 2.05) is 6.07 Å². The van der Waals surface area contributed by atoms with E-state index in [2.05, 4.69) is 25.3 Å². The van der Waals surface area contributed by atoms with E-state index in [4.69, 9.17) is 10.2 Å². The van der Waals surface area contributed by atoms with Crippen molar-refractivity contribution in [2.45, 2.75) is 11.5 Å². The second-order valence-corrected chi connectivity index (χ2v) is 4.92. The van der Waals surface area contributed by atoms with Crippen LogP contribution < -0.4 is 0 Å². The molecule has 0 fully saturated rings. The largest absolute Gasteiger partial charge is 0.478 e. The number of aromatic carboxylic acids is 2. The van der Waals surface area contributed by atoms with Crippen LogP contribution in [0.5, 0.6) is 0 Å². The summed E-state index contributed by atoms with van der Waals surface area (Å²) in [5.41, 5.74) is 2.33. The van der Waals surface area contributed by atoms with Gasteiger partial charge in [-0.05, 0) is 29.3 Å². The molecule has 0 atom stereocenters. The Morgan fingerprint density at radius 3 is 2.05 bits per heavy atom. The van der Waals surface area contributed by atoms with Crippen molar-refractivity contribution in [1.29, 1.82) is 0 Å². The zero-order valence-corrected chi connectivity index (χ0v) is 13.4. The number of rotatable bonds is 4. The normalized spacial score (nSPS) is 9.55. The van der Waals surface area contributed by atoms with Gasteiger partial charge in [0.1, 0.15) is 0 Å². The first-order valence-corrected chi connectivity index (χ1v) is 7.61. The number of thiol groups is 2. The van der Waals surface area contributed by atoms with Gasteiger partial charge < -0.3 is 10.2 Å². The van der Waals surface area contributed by atoms with E-state index in [1.165, 1.54) is 0 Å². The van der Waals surface area contributed by atoms with Gasteiger partial charge in [0.05, 0.1) is 11.1 Å². The topological polar surface area (TPSA) is 74.6 Å². The van der Waals surface area contributed by atoms with Crippen molar-refractivity contribution in [2.24, 2.45) is 0 Å². The second-order valence-electron chi connectivity index (χ2n) is 4.28. The lowest BCUT2D eigenvalue weighted by molar-refractivity contribution is 0.0685. The fraction of sp³-hybridized carbons (Fsp3) is 0.125. The quantitative estimate of drug-likeness (QED) is 0.643. The van der Waals surface area contributed by atoms with Crippen molar-refractivity contribution in [3.63, 3.8) is 0 Å². The molecule has 6 heteroatoms. The minimum atomic E-state index is -0.895. The third-order valence-electron chi connectivity index (χ3n) is 2.77. The van der Waals surface area contributed by atoms with Crippen molar-refractivity contribution >= 4 is 37.2 Å². The molecular formula is C16H16O4S2.